The third-order valence-corrected chi connectivity index (χ3v) is 2.38. The Balaban J connectivity index is 2.91. The fraction of sp³-hybridized carbons (Fsp3) is 0.462. The van der Waals surface area contributed by atoms with Crippen molar-refractivity contribution in [2.75, 3.05) is 6.54 Å². The molecule has 0 saturated carbocycles. The first-order chi connectivity index (χ1) is 7.54. The molecule has 0 atom stereocenters. The molecule has 0 fully saturated rings. The maximum absolute atomic E-state index is 13.3. The van der Waals surface area contributed by atoms with Crippen LogP contribution in [0.15, 0.2) is 18.2 Å². The van der Waals surface area contributed by atoms with Crippen molar-refractivity contribution in [3.05, 3.63) is 35.1 Å². The molecule has 0 aliphatic rings. The van der Waals surface area contributed by atoms with Crippen molar-refractivity contribution < 1.29 is 9.18 Å². The molecule has 0 aliphatic carbocycles. The first-order valence-corrected chi connectivity index (χ1v) is 5.63. The smallest absolute Gasteiger partial charge is 0.251 e. The Bertz CT molecular complexity index is 374. The maximum Gasteiger partial charge on any atom is 0.251 e. The second kappa shape index (κ2) is 5.64. The molecule has 0 radical (unpaired) electrons. The van der Waals surface area contributed by atoms with Crippen LogP contribution in [0.25, 0.3) is 0 Å². The van der Waals surface area contributed by atoms with Gasteiger partial charge in [0, 0.05) is 12.1 Å². The summed E-state index contributed by atoms with van der Waals surface area (Å²) in [5.41, 5.74) is 1.25. The summed E-state index contributed by atoms with van der Waals surface area (Å²) in [6.45, 7) is 6.54. The van der Waals surface area contributed by atoms with Gasteiger partial charge in [0.05, 0.1) is 0 Å². The fourth-order valence-corrected chi connectivity index (χ4v) is 1.42. The van der Waals surface area contributed by atoms with Crippen LogP contribution in [0.4, 0.5) is 4.39 Å². The molecule has 0 aliphatic heterocycles. The first-order valence-electron chi connectivity index (χ1n) is 5.63. The van der Waals surface area contributed by atoms with Gasteiger partial charge in [0.15, 0.2) is 0 Å². The van der Waals surface area contributed by atoms with E-state index < -0.39 is 0 Å². The minimum absolute atomic E-state index is 0.205. The third kappa shape index (κ3) is 3.33. The molecule has 1 aromatic carbocycles. The molecule has 2 nitrogen and oxygen atoms in total. The molecule has 1 amide bonds. The van der Waals surface area contributed by atoms with Gasteiger partial charge < -0.3 is 5.32 Å². The zero-order valence-corrected chi connectivity index (χ0v) is 10.0. The van der Waals surface area contributed by atoms with E-state index in [4.69, 9.17) is 0 Å². The second-order valence-electron chi connectivity index (χ2n) is 4.18. The average molecular weight is 223 g/mol. The lowest BCUT2D eigenvalue weighted by Crippen LogP contribution is -2.24. The number of benzene rings is 1. The van der Waals surface area contributed by atoms with Crippen LogP contribution in [0.1, 0.15) is 49.0 Å². The molecule has 0 heterocycles. The summed E-state index contributed by atoms with van der Waals surface area (Å²) < 4.78 is 13.3. The van der Waals surface area contributed by atoms with Crippen molar-refractivity contribution in [1.82, 2.24) is 5.32 Å². The van der Waals surface area contributed by atoms with Crippen LogP contribution in [0, 0.1) is 5.82 Å². The van der Waals surface area contributed by atoms with Crippen molar-refractivity contribution in [3.63, 3.8) is 0 Å². The van der Waals surface area contributed by atoms with E-state index in [9.17, 15) is 9.18 Å². The first kappa shape index (κ1) is 12.7. The minimum Gasteiger partial charge on any atom is -0.352 e. The molecule has 1 aromatic rings. The Morgan fingerprint density at radius 2 is 2.06 bits per heavy atom. The molecule has 0 aromatic heterocycles. The summed E-state index contributed by atoms with van der Waals surface area (Å²) in [5, 5.41) is 2.74. The summed E-state index contributed by atoms with van der Waals surface area (Å²) in [7, 11) is 0. The highest BCUT2D eigenvalue weighted by atomic mass is 19.1. The largest absolute Gasteiger partial charge is 0.352 e. The summed E-state index contributed by atoms with van der Waals surface area (Å²) in [6.07, 6.45) is 0.873. The van der Waals surface area contributed by atoms with E-state index in [1.54, 1.807) is 6.07 Å². The SMILES string of the molecule is CCCNC(=O)c1cc(F)cc(C(C)C)c1. The minimum atomic E-state index is -0.354. The highest BCUT2D eigenvalue weighted by Gasteiger charge is 2.09. The number of nitrogens with one attached hydrogen (secondary N) is 1. The van der Waals surface area contributed by atoms with Crippen LogP contribution in [-0.2, 0) is 0 Å². The van der Waals surface area contributed by atoms with Crippen LogP contribution in [0.5, 0.6) is 0 Å². The summed E-state index contributed by atoms with van der Waals surface area (Å²) in [5.74, 6) is -0.343. The molecule has 1 rings (SSSR count). The molecule has 0 spiro atoms. The number of carbonyl (C=O) groups excluding carboxylic acids is 1. The zero-order chi connectivity index (χ0) is 12.1. The van der Waals surface area contributed by atoms with Gasteiger partial charge in [-0.05, 0) is 36.1 Å². The zero-order valence-electron chi connectivity index (χ0n) is 10.0. The molecule has 0 unspecified atom stereocenters. The van der Waals surface area contributed by atoms with Gasteiger partial charge in [-0.15, -0.1) is 0 Å². The Hall–Kier alpha value is -1.38. The van der Waals surface area contributed by atoms with Gasteiger partial charge in [0.1, 0.15) is 5.82 Å². The number of hydrogen-bond donors (Lipinski definition) is 1. The highest BCUT2D eigenvalue weighted by molar-refractivity contribution is 5.94. The lowest BCUT2D eigenvalue weighted by atomic mass is 10.0. The van der Waals surface area contributed by atoms with Gasteiger partial charge in [-0.3, -0.25) is 4.79 Å². The molecule has 1 N–H and O–H groups in total. The second-order valence-corrected chi connectivity index (χ2v) is 4.18. The molecule has 0 saturated heterocycles. The van der Waals surface area contributed by atoms with E-state index in [-0.39, 0.29) is 17.6 Å². The van der Waals surface area contributed by atoms with Gasteiger partial charge in [-0.2, -0.15) is 0 Å². The van der Waals surface area contributed by atoms with Crippen molar-refractivity contribution in [1.29, 1.82) is 0 Å². The van der Waals surface area contributed by atoms with Crippen LogP contribution in [-0.4, -0.2) is 12.5 Å². The number of halogens is 1. The van der Waals surface area contributed by atoms with Crippen molar-refractivity contribution in [2.24, 2.45) is 0 Å². The van der Waals surface area contributed by atoms with Crippen molar-refractivity contribution in [2.45, 2.75) is 33.1 Å². The Labute approximate surface area is 95.9 Å². The van der Waals surface area contributed by atoms with Gasteiger partial charge in [-0.25, -0.2) is 4.39 Å². The van der Waals surface area contributed by atoms with Crippen LogP contribution in [0.2, 0.25) is 0 Å². The van der Waals surface area contributed by atoms with Gasteiger partial charge in [-0.1, -0.05) is 20.8 Å². The Morgan fingerprint density at radius 1 is 1.38 bits per heavy atom. The van der Waals surface area contributed by atoms with E-state index in [1.807, 2.05) is 20.8 Å². The average Bonchev–Trinajstić information content (AvgIpc) is 2.24. The molecule has 88 valence electrons. The maximum atomic E-state index is 13.3. The Morgan fingerprint density at radius 3 is 2.62 bits per heavy atom. The van der Waals surface area contributed by atoms with Crippen LogP contribution >= 0.6 is 0 Å². The molecular weight excluding hydrogens is 205 g/mol. The number of rotatable bonds is 4. The monoisotopic (exact) mass is 223 g/mol. The lowest BCUT2D eigenvalue weighted by molar-refractivity contribution is 0.0953. The van der Waals surface area contributed by atoms with E-state index >= 15 is 0 Å². The van der Waals surface area contributed by atoms with Crippen molar-refractivity contribution >= 4 is 5.91 Å². The van der Waals surface area contributed by atoms with E-state index in [0.717, 1.165) is 12.0 Å². The van der Waals surface area contributed by atoms with Crippen LogP contribution < -0.4 is 5.32 Å². The topological polar surface area (TPSA) is 29.1 Å². The lowest BCUT2D eigenvalue weighted by Gasteiger charge is -2.09. The van der Waals surface area contributed by atoms with Gasteiger partial charge in [0.25, 0.3) is 5.91 Å². The summed E-state index contributed by atoms with van der Waals surface area (Å²) >= 11 is 0. The van der Waals surface area contributed by atoms with Crippen LogP contribution in [0.3, 0.4) is 0 Å². The third-order valence-electron chi connectivity index (χ3n) is 2.38. The van der Waals surface area contributed by atoms with Gasteiger partial charge in [0.2, 0.25) is 0 Å². The predicted molar refractivity (Wildman–Crippen MR) is 63.1 cm³/mol. The normalized spacial score (nSPS) is 10.6. The molecule has 16 heavy (non-hydrogen) atoms. The summed E-state index contributed by atoms with van der Waals surface area (Å²) in [6, 6.07) is 4.50. The molecular formula is C13H18FNO. The highest BCUT2D eigenvalue weighted by Crippen LogP contribution is 2.17. The predicted octanol–water partition coefficient (Wildman–Crippen LogP) is 3.09. The van der Waals surface area contributed by atoms with Gasteiger partial charge >= 0.3 is 0 Å². The Kier molecular flexibility index (Phi) is 4.47. The quantitative estimate of drug-likeness (QED) is 0.835. The van der Waals surface area contributed by atoms with E-state index in [2.05, 4.69) is 5.32 Å². The number of hydrogen-bond acceptors (Lipinski definition) is 1. The standard InChI is InChI=1S/C13H18FNO/c1-4-5-15-13(16)11-6-10(9(2)3)7-12(14)8-11/h6-9H,4-5H2,1-3H3,(H,15,16). The fourth-order valence-electron chi connectivity index (χ4n) is 1.42. The molecule has 0 bridgehead atoms. The van der Waals surface area contributed by atoms with E-state index in [1.165, 1.54) is 12.1 Å². The molecule has 3 heteroatoms. The summed E-state index contributed by atoms with van der Waals surface area (Å²) in [4.78, 5) is 11.7. The van der Waals surface area contributed by atoms with E-state index in [0.29, 0.717) is 12.1 Å². The van der Waals surface area contributed by atoms with Crippen molar-refractivity contribution in [3.8, 4) is 0 Å². The number of amides is 1. The number of carbonyl (C=O) groups is 1.